The third-order valence-electron chi connectivity index (χ3n) is 3.87. The molecule has 22 heavy (non-hydrogen) atoms. The Balaban J connectivity index is 2.00. The lowest BCUT2D eigenvalue weighted by atomic mass is 10.2. The Bertz CT molecular complexity index is 506. The van der Waals surface area contributed by atoms with Crippen molar-refractivity contribution in [3.8, 4) is 5.75 Å². The molecule has 0 bridgehead atoms. The van der Waals surface area contributed by atoms with Gasteiger partial charge in [-0.25, -0.2) is 4.79 Å². The number of hydrogen-bond donors (Lipinski definition) is 1. The Morgan fingerprint density at radius 2 is 2.27 bits per heavy atom. The maximum absolute atomic E-state index is 12.4. The maximum Gasteiger partial charge on any atom is 0.322 e. The van der Waals surface area contributed by atoms with Gasteiger partial charge >= 0.3 is 6.03 Å². The number of ether oxygens (including phenoxy) is 2. The minimum Gasteiger partial charge on any atom is -0.491 e. The lowest BCUT2D eigenvalue weighted by molar-refractivity contribution is -0.0296. The highest BCUT2D eigenvalue weighted by Crippen LogP contribution is 2.20. The van der Waals surface area contributed by atoms with Gasteiger partial charge in [0.15, 0.2) is 0 Å². The summed E-state index contributed by atoms with van der Waals surface area (Å²) in [5.74, 6) is 0.774. The van der Waals surface area contributed by atoms with Crippen LogP contribution in [-0.2, 0) is 4.74 Å². The molecule has 0 radical (unpaired) electrons. The molecule has 0 spiro atoms. The quantitative estimate of drug-likeness (QED) is 0.926. The fourth-order valence-corrected chi connectivity index (χ4v) is 2.34. The van der Waals surface area contributed by atoms with E-state index in [4.69, 9.17) is 9.47 Å². The van der Waals surface area contributed by atoms with Gasteiger partial charge in [-0.2, -0.15) is 0 Å². The lowest BCUT2D eigenvalue weighted by Crippen LogP contribution is -2.51. The third kappa shape index (κ3) is 4.37. The molecule has 1 aliphatic rings. The highest BCUT2D eigenvalue weighted by Gasteiger charge is 2.27. The number of benzene rings is 1. The molecule has 1 saturated heterocycles. The van der Waals surface area contributed by atoms with Crippen molar-refractivity contribution < 1.29 is 14.3 Å². The van der Waals surface area contributed by atoms with E-state index in [1.165, 1.54) is 0 Å². The number of rotatable bonds is 4. The van der Waals surface area contributed by atoms with Crippen LogP contribution in [0.15, 0.2) is 24.3 Å². The zero-order chi connectivity index (χ0) is 16.1. The highest BCUT2D eigenvalue weighted by molar-refractivity contribution is 5.89. The number of carbonyl (C=O) groups excluding carboxylic acids is 1. The van der Waals surface area contributed by atoms with Gasteiger partial charge < -0.3 is 19.7 Å². The fourth-order valence-electron chi connectivity index (χ4n) is 2.34. The Labute approximate surface area is 132 Å². The molecule has 1 aromatic carbocycles. The van der Waals surface area contributed by atoms with Crippen LogP contribution in [0.5, 0.6) is 5.75 Å². The van der Waals surface area contributed by atoms with E-state index in [1.807, 2.05) is 49.9 Å². The van der Waals surface area contributed by atoms with Crippen LogP contribution in [0.2, 0.25) is 0 Å². The number of anilines is 1. The molecule has 1 aromatic rings. The van der Waals surface area contributed by atoms with Gasteiger partial charge in [0.2, 0.25) is 0 Å². The van der Waals surface area contributed by atoms with E-state index in [0.717, 1.165) is 17.9 Å². The van der Waals surface area contributed by atoms with E-state index in [9.17, 15) is 4.79 Å². The summed E-state index contributed by atoms with van der Waals surface area (Å²) in [6.07, 6.45) is 1.17. The first-order valence-electron chi connectivity index (χ1n) is 7.95. The maximum atomic E-state index is 12.4. The van der Waals surface area contributed by atoms with E-state index >= 15 is 0 Å². The molecular formula is C17H26N2O3. The topological polar surface area (TPSA) is 50.8 Å². The summed E-state index contributed by atoms with van der Waals surface area (Å²) in [6, 6.07) is 7.51. The number of nitrogens with one attached hydrogen (secondary N) is 1. The molecule has 0 unspecified atom stereocenters. The molecule has 5 heteroatoms. The fraction of sp³-hybridized carbons (Fsp3) is 0.588. The molecule has 0 aliphatic carbocycles. The second-order valence-electron chi connectivity index (χ2n) is 5.94. The van der Waals surface area contributed by atoms with Crippen molar-refractivity contribution in [1.29, 1.82) is 0 Å². The van der Waals surface area contributed by atoms with Crippen molar-refractivity contribution in [3.63, 3.8) is 0 Å². The Hall–Kier alpha value is -1.75. The van der Waals surface area contributed by atoms with Crippen LogP contribution in [0.3, 0.4) is 0 Å². The molecule has 2 rings (SSSR count). The van der Waals surface area contributed by atoms with Gasteiger partial charge in [0.1, 0.15) is 5.75 Å². The van der Waals surface area contributed by atoms with Gasteiger partial charge in [0.25, 0.3) is 0 Å². The summed E-state index contributed by atoms with van der Waals surface area (Å²) in [4.78, 5) is 14.2. The number of carbonyl (C=O) groups is 1. The van der Waals surface area contributed by atoms with Crippen LogP contribution in [0.4, 0.5) is 10.5 Å². The Morgan fingerprint density at radius 3 is 3.00 bits per heavy atom. The summed E-state index contributed by atoms with van der Waals surface area (Å²) in [6.45, 7) is 9.27. The summed E-state index contributed by atoms with van der Waals surface area (Å²) in [5, 5.41) is 2.95. The van der Waals surface area contributed by atoms with Crippen molar-refractivity contribution in [1.82, 2.24) is 4.90 Å². The molecule has 0 aromatic heterocycles. The first-order valence-corrected chi connectivity index (χ1v) is 7.95. The van der Waals surface area contributed by atoms with Crippen LogP contribution in [0.25, 0.3) is 0 Å². The van der Waals surface area contributed by atoms with Crippen LogP contribution in [0, 0.1) is 0 Å². The molecule has 1 aliphatic heterocycles. The summed E-state index contributed by atoms with van der Waals surface area (Å²) < 4.78 is 11.3. The van der Waals surface area contributed by atoms with Crippen LogP contribution in [-0.4, -0.2) is 42.3 Å². The van der Waals surface area contributed by atoms with Gasteiger partial charge in [-0.1, -0.05) is 13.0 Å². The Kier molecular flexibility index (Phi) is 5.66. The number of amides is 2. The second kappa shape index (κ2) is 7.49. The van der Waals surface area contributed by atoms with Gasteiger partial charge in [0, 0.05) is 18.3 Å². The Morgan fingerprint density at radius 1 is 1.50 bits per heavy atom. The monoisotopic (exact) mass is 306 g/mol. The minimum absolute atomic E-state index is 0.0713. The van der Waals surface area contributed by atoms with E-state index in [0.29, 0.717) is 13.2 Å². The minimum atomic E-state index is -0.0941. The molecule has 0 saturated carbocycles. The molecule has 1 fully saturated rings. The molecular weight excluding hydrogens is 280 g/mol. The number of urea groups is 1. The molecule has 1 heterocycles. The highest BCUT2D eigenvalue weighted by atomic mass is 16.5. The van der Waals surface area contributed by atoms with Crippen LogP contribution in [0.1, 0.15) is 34.1 Å². The second-order valence-corrected chi connectivity index (χ2v) is 5.94. The molecule has 2 amide bonds. The zero-order valence-electron chi connectivity index (χ0n) is 13.8. The van der Waals surface area contributed by atoms with Gasteiger partial charge in [-0.05, 0) is 39.3 Å². The zero-order valence-corrected chi connectivity index (χ0v) is 13.8. The average Bonchev–Trinajstić information content (AvgIpc) is 2.49. The van der Waals surface area contributed by atoms with Crippen molar-refractivity contribution in [3.05, 3.63) is 24.3 Å². The van der Waals surface area contributed by atoms with Gasteiger partial charge in [-0.15, -0.1) is 0 Å². The predicted octanol–water partition coefficient (Wildman–Crippen LogP) is 3.51. The van der Waals surface area contributed by atoms with Crippen LogP contribution >= 0.6 is 0 Å². The SMILES string of the molecule is CC[C@H](C)Oc1cccc(NC(=O)N2C[C@H](C)OC[C@@H]2C)c1. The van der Waals surface area contributed by atoms with Gasteiger partial charge in [-0.3, -0.25) is 0 Å². The average molecular weight is 306 g/mol. The molecule has 3 atom stereocenters. The first-order chi connectivity index (χ1) is 10.5. The molecule has 5 nitrogen and oxygen atoms in total. The lowest BCUT2D eigenvalue weighted by Gasteiger charge is -2.36. The smallest absolute Gasteiger partial charge is 0.322 e. The number of nitrogens with zero attached hydrogens (tertiary/aromatic N) is 1. The van der Waals surface area contributed by atoms with E-state index in [1.54, 1.807) is 0 Å². The van der Waals surface area contributed by atoms with Crippen molar-refractivity contribution in [2.24, 2.45) is 0 Å². The van der Waals surface area contributed by atoms with Crippen molar-refractivity contribution in [2.75, 3.05) is 18.5 Å². The van der Waals surface area contributed by atoms with E-state index in [2.05, 4.69) is 12.2 Å². The summed E-state index contributed by atoms with van der Waals surface area (Å²) in [7, 11) is 0. The summed E-state index contributed by atoms with van der Waals surface area (Å²) >= 11 is 0. The first kappa shape index (κ1) is 16.6. The largest absolute Gasteiger partial charge is 0.491 e. The van der Waals surface area contributed by atoms with Crippen molar-refractivity contribution in [2.45, 2.75) is 52.4 Å². The number of morpholine rings is 1. The molecule has 1 N–H and O–H groups in total. The normalized spacial score (nSPS) is 23.0. The van der Waals surface area contributed by atoms with E-state index in [-0.39, 0.29) is 24.3 Å². The number of hydrogen-bond acceptors (Lipinski definition) is 3. The molecule has 122 valence electrons. The van der Waals surface area contributed by atoms with Crippen LogP contribution < -0.4 is 10.1 Å². The van der Waals surface area contributed by atoms with Gasteiger partial charge in [0.05, 0.1) is 24.9 Å². The standard InChI is InChI=1S/C17H26N2O3/c1-5-13(3)22-16-8-6-7-15(9-16)18-17(20)19-10-14(4)21-11-12(19)2/h6-9,12-14H,5,10-11H2,1-4H3,(H,18,20)/t12-,13-,14-/m0/s1. The summed E-state index contributed by atoms with van der Waals surface area (Å²) in [5.41, 5.74) is 0.747. The van der Waals surface area contributed by atoms with Crippen molar-refractivity contribution >= 4 is 11.7 Å². The van der Waals surface area contributed by atoms with E-state index < -0.39 is 0 Å². The predicted molar refractivity (Wildman–Crippen MR) is 87.4 cm³/mol. The third-order valence-corrected chi connectivity index (χ3v) is 3.87.